The van der Waals surface area contributed by atoms with Crippen molar-refractivity contribution < 1.29 is 18.3 Å². The molecule has 0 N–H and O–H groups in total. The third-order valence-corrected chi connectivity index (χ3v) is 5.66. The first-order valence-electron chi connectivity index (χ1n) is 10.4. The van der Waals surface area contributed by atoms with E-state index in [1.54, 1.807) is 6.92 Å². The van der Waals surface area contributed by atoms with Crippen molar-refractivity contribution in [2.45, 2.75) is 64.9 Å². The lowest BCUT2D eigenvalue weighted by Gasteiger charge is -2.13. The van der Waals surface area contributed by atoms with Gasteiger partial charge in [0.2, 0.25) is 11.6 Å². The van der Waals surface area contributed by atoms with Crippen LogP contribution in [-0.2, 0) is 6.61 Å². The molecule has 3 rings (SSSR count). The minimum atomic E-state index is -1.01. The minimum Gasteiger partial charge on any atom is -0.491 e. The lowest BCUT2D eigenvalue weighted by molar-refractivity contribution is 0.274. The van der Waals surface area contributed by atoms with Crippen LogP contribution in [0, 0.1) is 17.6 Å². The number of halogens is 2. The summed E-state index contributed by atoms with van der Waals surface area (Å²) < 4.78 is 38.6. The molecule has 0 radical (unpaired) electrons. The smallest absolute Gasteiger partial charge is 0.204 e. The van der Waals surface area contributed by atoms with Crippen molar-refractivity contribution in [1.29, 1.82) is 0 Å². The number of ether oxygens (including phenoxy) is 2. The maximum absolute atomic E-state index is 14.1. The van der Waals surface area contributed by atoms with E-state index in [0.717, 1.165) is 11.5 Å². The Bertz CT molecular complexity index is 758. The fourth-order valence-electron chi connectivity index (χ4n) is 4.07. The van der Waals surface area contributed by atoms with Gasteiger partial charge in [0.15, 0.2) is 11.5 Å². The molecule has 0 aromatic heterocycles. The molecule has 1 saturated carbocycles. The Morgan fingerprint density at radius 1 is 0.893 bits per heavy atom. The highest BCUT2D eigenvalue weighted by molar-refractivity contribution is 5.35. The second-order valence-corrected chi connectivity index (χ2v) is 7.67. The molecule has 0 saturated heterocycles. The van der Waals surface area contributed by atoms with Crippen molar-refractivity contribution in [2.75, 3.05) is 6.61 Å². The molecule has 1 aliphatic carbocycles. The molecule has 2 unspecified atom stereocenters. The van der Waals surface area contributed by atoms with Gasteiger partial charge in [-0.05, 0) is 61.3 Å². The molecule has 1 fully saturated rings. The summed E-state index contributed by atoms with van der Waals surface area (Å²) in [5.74, 6) is -0.690. The molecule has 28 heavy (non-hydrogen) atoms. The van der Waals surface area contributed by atoms with Crippen molar-refractivity contribution in [3.05, 3.63) is 59.2 Å². The average molecular weight is 388 g/mol. The molecule has 4 heteroatoms. The van der Waals surface area contributed by atoms with E-state index in [-0.39, 0.29) is 24.7 Å². The van der Waals surface area contributed by atoms with Crippen molar-refractivity contribution in [1.82, 2.24) is 0 Å². The van der Waals surface area contributed by atoms with Crippen LogP contribution in [0.4, 0.5) is 8.78 Å². The highest BCUT2D eigenvalue weighted by atomic mass is 19.2. The Balaban J connectivity index is 1.56. The Labute approximate surface area is 166 Å². The van der Waals surface area contributed by atoms with E-state index in [2.05, 4.69) is 19.1 Å². The SMILES string of the molecule is CCCCC1CCC(c2ccc(COc3ccc(OCC)c(F)c3F)cc2)C1. The Morgan fingerprint density at radius 3 is 2.21 bits per heavy atom. The molecular weight excluding hydrogens is 358 g/mol. The summed E-state index contributed by atoms with van der Waals surface area (Å²) in [6.45, 7) is 4.46. The maximum Gasteiger partial charge on any atom is 0.204 e. The minimum absolute atomic E-state index is 0.0921. The molecule has 2 nitrogen and oxygen atoms in total. The lowest BCUT2D eigenvalue weighted by atomic mass is 9.94. The van der Waals surface area contributed by atoms with Gasteiger partial charge in [0.1, 0.15) is 6.61 Å². The van der Waals surface area contributed by atoms with E-state index < -0.39 is 11.6 Å². The van der Waals surface area contributed by atoms with Crippen LogP contribution < -0.4 is 9.47 Å². The van der Waals surface area contributed by atoms with Crippen molar-refractivity contribution in [3.8, 4) is 11.5 Å². The highest BCUT2D eigenvalue weighted by Gasteiger charge is 2.25. The normalized spacial score (nSPS) is 19.0. The molecule has 2 aromatic rings. The van der Waals surface area contributed by atoms with E-state index >= 15 is 0 Å². The van der Waals surface area contributed by atoms with Crippen LogP contribution in [0.15, 0.2) is 36.4 Å². The highest BCUT2D eigenvalue weighted by Crippen LogP contribution is 2.40. The monoisotopic (exact) mass is 388 g/mol. The molecule has 0 amide bonds. The largest absolute Gasteiger partial charge is 0.491 e. The maximum atomic E-state index is 14.1. The zero-order valence-electron chi connectivity index (χ0n) is 16.8. The molecule has 0 spiro atoms. The summed E-state index contributed by atoms with van der Waals surface area (Å²) in [5.41, 5.74) is 2.32. The van der Waals surface area contributed by atoms with Crippen LogP contribution in [0.1, 0.15) is 69.4 Å². The third-order valence-electron chi connectivity index (χ3n) is 5.66. The second kappa shape index (κ2) is 9.90. The fraction of sp³-hybridized carbons (Fsp3) is 0.500. The predicted octanol–water partition coefficient (Wildman–Crippen LogP) is 7.02. The fourth-order valence-corrected chi connectivity index (χ4v) is 4.07. The number of hydrogen-bond donors (Lipinski definition) is 0. The van der Waals surface area contributed by atoms with Crippen LogP contribution >= 0.6 is 0 Å². The topological polar surface area (TPSA) is 18.5 Å². The van der Waals surface area contributed by atoms with Gasteiger partial charge in [-0.25, -0.2) is 0 Å². The van der Waals surface area contributed by atoms with E-state index in [0.29, 0.717) is 5.92 Å². The van der Waals surface area contributed by atoms with Gasteiger partial charge >= 0.3 is 0 Å². The average Bonchev–Trinajstić information content (AvgIpc) is 3.19. The van der Waals surface area contributed by atoms with E-state index in [9.17, 15) is 8.78 Å². The molecule has 2 aromatic carbocycles. The summed E-state index contributed by atoms with van der Waals surface area (Å²) in [6.07, 6.45) is 7.83. The van der Waals surface area contributed by atoms with Gasteiger partial charge in [0, 0.05) is 0 Å². The summed E-state index contributed by atoms with van der Waals surface area (Å²) in [5, 5.41) is 0. The molecular formula is C24H30F2O2. The summed E-state index contributed by atoms with van der Waals surface area (Å²) >= 11 is 0. The van der Waals surface area contributed by atoms with Gasteiger partial charge in [-0.2, -0.15) is 8.78 Å². The van der Waals surface area contributed by atoms with Crippen molar-refractivity contribution >= 4 is 0 Å². The van der Waals surface area contributed by atoms with Gasteiger partial charge in [0.05, 0.1) is 6.61 Å². The number of hydrogen-bond acceptors (Lipinski definition) is 2. The van der Waals surface area contributed by atoms with Crippen LogP contribution in [0.2, 0.25) is 0 Å². The first kappa shape index (κ1) is 20.6. The Morgan fingerprint density at radius 2 is 1.57 bits per heavy atom. The molecule has 0 heterocycles. The van der Waals surface area contributed by atoms with Gasteiger partial charge in [-0.3, -0.25) is 0 Å². The first-order valence-corrected chi connectivity index (χ1v) is 10.4. The van der Waals surface area contributed by atoms with Gasteiger partial charge in [-0.15, -0.1) is 0 Å². The molecule has 1 aliphatic rings. The van der Waals surface area contributed by atoms with Crippen LogP contribution in [0.25, 0.3) is 0 Å². The Kier molecular flexibility index (Phi) is 7.30. The van der Waals surface area contributed by atoms with Crippen LogP contribution in [-0.4, -0.2) is 6.61 Å². The van der Waals surface area contributed by atoms with Gasteiger partial charge < -0.3 is 9.47 Å². The number of benzene rings is 2. The predicted molar refractivity (Wildman–Crippen MR) is 108 cm³/mol. The third kappa shape index (κ3) is 5.03. The molecule has 0 aliphatic heterocycles. The Hall–Kier alpha value is -2.10. The number of unbranched alkanes of at least 4 members (excludes halogenated alkanes) is 1. The van der Waals surface area contributed by atoms with E-state index in [1.807, 2.05) is 12.1 Å². The van der Waals surface area contributed by atoms with Crippen molar-refractivity contribution in [2.24, 2.45) is 5.92 Å². The van der Waals surface area contributed by atoms with Crippen LogP contribution in [0.3, 0.4) is 0 Å². The second-order valence-electron chi connectivity index (χ2n) is 7.67. The zero-order chi connectivity index (χ0) is 19.9. The quantitative estimate of drug-likeness (QED) is 0.460. The summed E-state index contributed by atoms with van der Waals surface area (Å²) in [6, 6.07) is 11.2. The molecule has 2 atom stereocenters. The number of rotatable bonds is 9. The molecule has 152 valence electrons. The van der Waals surface area contributed by atoms with E-state index in [4.69, 9.17) is 9.47 Å². The zero-order valence-corrected chi connectivity index (χ0v) is 16.8. The first-order chi connectivity index (χ1) is 13.6. The van der Waals surface area contributed by atoms with Gasteiger partial charge in [0.25, 0.3) is 0 Å². The summed E-state index contributed by atoms with van der Waals surface area (Å²) in [4.78, 5) is 0. The standard InChI is InChI=1S/C24H30F2O2/c1-3-5-6-17-7-12-20(15-17)19-10-8-18(9-11-19)16-28-22-14-13-21(27-4-2)23(25)24(22)26/h8-11,13-14,17,20H,3-7,12,15-16H2,1-2H3. The summed E-state index contributed by atoms with van der Waals surface area (Å²) in [7, 11) is 0. The lowest BCUT2D eigenvalue weighted by Crippen LogP contribution is -2.02. The van der Waals surface area contributed by atoms with Crippen molar-refractivity contribution in [3.63, 3.8) is 0 Å². The van der Waals surface area contributed by atoms with Gasteiger partial charge in [-0.1, -0.05) is 50.5 Å². The van der Waals surface area contributed by atoms with Crippen LogP contribution in [0.5, 0.6) is 11.5 Å². The molecule has 0 bridgehead atoms. The van der Waals surface area contributed by atoms with E-state index in [1.165, 1.54) is 56.2 Å².